The Bertz CT molecular complexity index is 455. The van der Waals surface area contributed by atoms with Crippen molar-refractivity contribution in [2.24, 2.45) is 0 Å². The Hall–Kier alpha value is -0.620. The first-order chi connectivity index (χ1) is 10.0. The van der Waals surface area contributed by atoms with Gasteiger partial charge in [0.15, 0.2) is 0 Å². The number of benzene rings is 1. The van der Waals surface area contributed by atoms with Crippen molar-refractivity contribution < 1.29 is 14.6 Å². The average molecular weight is 358 g/mol. The number of halogens is 1. The lowest BCUT2D eigenvalue weighted by atomic mass is 10.0. The number of aryl methyl sites for hydroxylation is 1. The second-order valence-corrected chi connectivity index (χ2v) is 6.56. The molecule has 0 amide bonds. The van der Waals surface area contributed by atoms with Crippen LogP contribution in [0, 0.1) is 6.92 Å². The zero-order valence-corrected chi connectivity index (χ0v) is 14.2. The van der Waals surface area contributed by atoms with E-state index in [4.69, 9.17) is 9.47 Å². The minimum Gasteiger partial charge on any atom is -0.490 e. The van der Waals surface area contributed by atoms with E-state index in [0.717, 1.165) is 29.7 Å². The van der Waals surface area contributed by atoms with Crippen LogP contribution in [-0.2, 0) is 4.74 Å². The second-order valence-electron chi connectivity index (χ2n) is 5.71. The lowest BCUT2D eigenvalue weighted by molar-refractivity contribution is 0.00965. The molecule has 1 heterocycles. The molecule has 21 heavy (non-hydrogen) atoms. The van der Waals surface area contributed by atoms with Gasteiger partial charge in [0, 0.05) is 19.2 Å². The van der Waals surface area contributed by atoms with Crippen molar-refractivity contribution in [3.63, 3.8) is 0 Å². The Labute approximate surface area is 135 Å². The molecule has 2 rings (SSSR count). The maximum absolute atomic E-state index is 10.0. The van der Waals surface area contributed by atoms with Crippen LogP contribution >= 0.6 is 15.9 Å². The topological polar surface area (TPSA) is 50.7 Å². The Kier molecular flexibility index (Phi) is 6.48. The van der Waals surface area contributed by atoms with Crippen molar-refractivity contribution in [1.82, 2.24) is 5.32 Å². The minimum absolute atomic E-state index is 0.285. The van der Waals surface area contributed by atoms with Crippen LogP contribution in [0.15, 0.2) is 22.7 Å². The molecule has 3 atom stereocenters. The van der Waals surface area contributed by atoms with Crippen LogP contribution in [0.5, 0.6) is 5.75 Å². The van der Waals surface area contributed by atoms with E-state index in [1.54, 1.807) is 0 Å². The highest BCUT2D eigenvalue weighted by Crippen LogP contribution is 2.25. The molecule has 0 bridgehead atoms. The van der Waals surface area contributed by atoms with Gasteiger partial charge in [-0.3, -0.25) is 0 Å². The fourth-order valence-corrected chi connectivity index (χ4v) is 3.06. The third-order valence-corrected chi connectivity index (χ3v) is 4.27. The van der Waals surface area contributed by atoms with Crippen LogP contribution < -0.4 is 10.1 Å². The molecule has 1 aliphatic rings. The standard InChI is InChI=1S/C16H24BrNO3/c1-11-3-4-16(15(17)7-11)21-10-14(19)9-18-13-5-6-20-12(2)8-13/h3-4,7,12-14,18-19H,5-6,8-10H2,1-2H3. The molecule has 0 aliphatic carbocycles. The fourth-order valence-electron chi connectivity index (χ4n) is 2.45. The molecule has 4 nitrogen and oxygen atoms in total. The Balaban J connectivity index is 1.70. The van der Waals surface area contributed by atoms with E-state index in [1.807, 2.05) is 25.1 Å². The molecule has 0 radical (unpaired) electrons. The lowest BCUT2D eigenvalue weighted by Crippen LogP contribution is -2.42. The summed E-state index contributed by atoms with van der Waals surface area (Å²) in [5.74, 6) is 0.763. The van der Waals surface area contributed by atoms with Crippen LogP contribution in [0.2, 0.25) is 0 Å². The summed E-state index contributed by atoms with van der Waals surface area (Å²) in [5.41, 5.74) is 1.17. The van der Waals surface area contributed by atoms with Gasteiger partial charge in [-0.2, -0.15) is 0 Å². The van der Waals surface area contributed by atoms with Gasteiger partial charge in [-0.05, 0) is 60.3 Å². The summed E-state index contributed by atoms with van der Waals surface area (Å²) in [4.78, 5) is 0. The van der Waals surface area contributed by atoms with Gasteiger partial charge in [-0.1, -0.05) is 6.07 Å². The van der Waals surface area contributed by atoms with E-state index < -0.39 is 6.10 Å². The Morgan fingerprint density at radius 3 is 3.05 bits per heavy atom. The first-order valence-electron chi connectivity index (χ1n) is 7.46. The van der Waals surface area contributed by atoms with Crippen molar-refractivity contribution in [2.45, 2.75) is 44.9 Å². The van der Waals surface area contributed by atoms with Gasteiger partial charge in [0.05, 0.1) is 10.6 Å². The van der Waals surface area contributed by atoms with E-state index in [-0.39, 0.29) is 6.61 Å². The highest BCUT2D eigenvalue weighted by molar-refractivity contribution is 9.10. The smallest absolute Gasteiger partial charge is 0.133 e. The van der Waals surface area contributed by atoms with Crippen molar-refractivity contribution in [3.05, 3.63) is 28.2 Å². The first kappa shape index (κ1) is 16.7. The van der Waals surface area contributed by atoms with Gasteiger partial charge in [0.25, 0.3) is 0 Å². The van der Waals surface area contributed by atoms with Crippen LogP contribution in [0.3, 0.4) is 0 Å². The predicted molar refractivity (Wildman–Crippen MR) is 86.8 cm³/mol. The van der Waals surface area contributed by atoms with E-state index >= 15 is 0 Å². The van der Waals surface area contributed by atoms with Crippen LogP contribution in [0.4, 0.5) is 0 Å². The SMILES string of the molecule is Cc1ccc(OCC(O)CNC2CCOC(C)C2)c(Br)c1. The van der Waals surface area contributed by atoms with Crippen LogP contribution in [0.1, 0.15) is 25.3 Å². The number of rotatable bonds is 6. The van der Waals surface area contributed by atoms with Crippen LogP contribution in [-0.4, -0.2) is 43.1 Å². The molecule has 118 valence electrons. The highest BCUT2D eigenvalue weighted by atomic mass is 79.9. The molecule has 5 heteroatoms. The van der Waals surface area contributed by atoms with Crippen molar-refractivity contribution in [1.29, 1.82) is 0 Å². The van der Waals surface area contributed by atoms with E-state index in [2.05, 4.69) is 28.2 Å². The molecule has 0 aromatic heterocycles. The van der Waals surface area contributed by atoms with Gasteiger partial charge in [-0.25, -0.2) is 0 Å². The van der Waals surface area contributed by atoms with E-state index in [0.29, 0.717) is 18.7 Å². The Morgan fingerprint density at radius 2 is 2.33 bits per heavy atom. The van der Waals surface area contributed by atoms with Crippen LogP contribution in [0.25, 0.3) is 0 Å². The molecule has 3 unspecified atom stereocenters. The summed E-state index contributed by atoms with van der Waals surface area (Å²) >= 11 is 3.47. The third kappa shape index (κ3) is 5.58. The minimum atomic E-state index is -0.517. The van der Waals surface area contributed by atoms with E-state index in [9.17, 15) is 5.11 Å². The largest absolute Gasteiger partial charge is 0.490 e. The molecule has 1 aliphatic heterocycles. The molecule has 1 aromatic rings. The van der Waals surface area contributed by atoms with Gasteiger partial charge in [0.2, 0.25) is 0 Å². The summed E-state index contributed by atoms with van der Waals surface area (Å²) in [7, 11) is 0. The summed E-state index contributed by atoms with van der Waals surface area (Å²) in [6.07, 6.45) is 1.78. The molecule has 0 spiro atoms. The summed E-state index contributed by atoms with van der Waals surface area (Å²) in [6, 6.07) is 6.34. The number of nitrogens with one attached hydrogen (secondary N) is 1. The van der Waals surface area contributed by atoms with Gasteiger partial charge in [0.1, 0.15) is 18.5 Å². The Morgan fingerprint density at radius 1 is 1.52 bits per heavy atom. The fraction of sp³-hybridized carbons (Fsp3) is 0.625. The number of aliphatic hydroxyl groups excluding tert-OH is 1. The highest BCUT2D eigenvalue weighted by Gasteiger charge is 2.19. The molecule has 0 saturated carbocycles. The number of ether oxygens (including phenoxy) is 2. The maximum Gasteiger partial charge on any atom is 0.133 e. The molecule has 1 saturated heterocycles. The summed E-state index contributed by atoms with van der Waals surface area (Å²) < 4.78 is 12.1. The molecular formula is C16H24BrNO3. The number of hydrogen-bond donors (Lipinski definition) is 2. The number of hydrogen-bond acceptors (Lipinski definition) is 4. The lowest BCUT2D eigenvalue weighted by Gasteiger charge is -2.28. The van der Waals surface area contributed by atoms with Gasteiger partial charge in [-0.15, -0.1) is 0 Å². The molecular weight excluding hydrogens is 334 g/mol. The summed E-state index contributed by atoms with van der Waals surface area (Å²) in [6.45, 7) is 5.74. The van der Waals surface area contributed by atoms with Gasteiger partial charge >= 0.3 is 0 Å². The second kappa shape index (κ2) is 8.13. The van der Waals surface area contributed by atoms with Gasteiger partial charge < -0.3 is 19.9 Å². The number of aliphatic hydroxyl groups is 1. The average Bonchev–Trinajstić information content (AvgIpc) is 2.44. The predicted octanol–water partition coefficient (Wildman–Crippen LogP) is 2.65. The summed E-state index contributed by atoms with van der Waals surface area (Å²) in [5, 5.41) is 13.4. The zero-order valence-electron chi connectivity index (χ0n) is 12.6. The molecule has 2 N–H and O–H groups in total. The van der Waals surface area contributed by atoms with Crippen molar-refractivity contribution >= 4 is 15.9 Å². The monoisotopic (exact) mass is 357 g/mol. The molecule has 1 aromatic carbocycles. The third-order valence-electron chi connectivity index (χ3n) is 3.65. The van der Waals surface area contributed by atoms with Crippen molar-refractivity contribution in [3.8, 4) is 5.75 Å². The van der Waals surface area contributed by atoms with Crippen molar-refractivity contribution in [2.75, 3.05) is 19.8 Å². The first-order valence-corrected chi connectivity index (χ1v) is 8.26. The quantitative estimate of drug-likeness (QED) is 0.821. The zero-order chi connectivity index (χ0) is 15.2. The normalized spacial score (nSPS) is 23.8. The maximum atomic E-state index is 10.0. The van der Waals surface area contributed by atoms with E-state index in [1.165, 1.54) is 5.56 Å². The molecule has 1 fully saturated rings.